The molecule has 0 fully saturated rings. The number of carboxylic acid groups (broad SMARTS) is 1. The van der Waals surface area contributed by atoms with Crippen LogP contribution in [0.3, 0.4) is 0 Å². The van der Waals surface area contributed by atoms with Crippen LogP contribution in [0.5, 0.6) is 0 Å². The predicted molar refractivity (Wildman–Crippen MR) is 41.5 cm³/mol. The van der Waals surface area contributed by atoms with Crippen molar-refractivity contribution >= 4 is 6.16 Å². The van der Waals surface area contributed by atoms with Crippen LogP contribution in [-0.2, 0) is 4.74 Å². The minimum atomic E-state index is -1.20. The van der Waals surface area contributed by atoms with Crippen LogP contribution in [0, 0.1) is 0 Å². The zero-order valence-electron chi connectivity index (χ0n) is 7.50. The molecule has 0 aliphatic rings. The largest absolute Gasteiger partial charge is 0.506 e. The lowest BCUT2D eigenvalue weighted by Gasteiger charge is -2.26. The molecule has 1 atom stereocenters. The van der Waals surface area contributed by atoms with Gasteiger partial charge in [0.15, 0.2) is 6.10 Å². The summed E-state index contributed by atoms with van der Waals surface area (Å²) in [6.07, 6.45) is -1.45. The standard InChI is InChI=1S/C7H15NO3/c1-6(11-7(9)10)5-8(2,3)4/h6H,5H2,1-4H3/p+1. The van der Waals surface area contributed by atoms with E-state index in [4.69, 9.17) is 5.11 Å². The summed E-state index contributed by atoms with van der Waals surface area (Å²) in [5.41, 5.74) is 0. The molecule has 4 heteroatoms. The van der Waals surface area contributed by atoms with E-state index in [1.807, 2.05) is 21.1 Å². The molecule has 0 aliphatic heterocycles. The van der Waals surface area contributed by atoms with Gasteiger partial charge in [0.05, 0.1) is 21.1 Å². The predicted octanol–water partition coefficient (Wildman–Crippen LogP) is 0.776. The van der Waals surface area contributed by atoms with Crippen molar-refractivity contribution < 1.29 is 19.1 Å². The van der Waals surface area contributed by atoms with Crippen molar-refractivity contribution in [2.24, 2.45) is 0 Å². The molecule has 0 aromatic rings. The molecule has 0 bridgehead atoms. The van der Waals surface area contributed by atoms with Crippen LogP contribution in [0.2, 0.25) is 0 Å². The molecule has 0 amide bonds. The molecule has 0 rings (SSSR count). The smallest absolute Gasteiger partial charge is 0.450 e. The Hall–Kier alpha value is -0.770. The van der Waals surface area contributed by atoms with Crippen LogP contribution in [0.4, 0.5) is 4.79 Å². The van der Waals surface area contributed by atoms with Gasteiger partial charge in [0.25, 0.3) is 0 Å². The lowest BCUT2D eigenvalue weighted by atomic mass is 10.3. The summed E-state index contributed by atoms with van der Waals surface area (Å²) in [5, 5.41) is 8.25. The summed E-state index contributed by atoms with van der Waals surface area (Å²) in [6.45, 7) is 2.43. The molecule has 1 N–H and O–H groups in total. The van der Waals surface area contributed by atoms with E-state index >= 15 is 0 Å². The highest BCUT2D eigenvalue weighted by Gasteiger charge is 2.16. The lowest BCUT2D eigenvalue weighted by molar-refractivity contribution is -0.873. The first kappa shape index (κ1) is 10.2. The maximum Gasteiger partial charge on any atom is 0.506 e. The number of quaternary nitrogens is 1. The summed E-state index contributed by atoms with van der Waals surface area (Å²) < 4.78 is 5.23. The Morgan fingerprint density at radius 2 is 2.00 bits per heavy atom. The van der Waals surface area contributed by atoms with Crippen molar-refractivity contribution in [2.45, 2.75) is 13.0 Å². The van der Waals surface area contributed by atoms with Crippen molar-refractivity contribution in [1.82, 2.24) is 0 Å². The Morgan fingerprint density at radius 1 is 1.55 bits per heavy atom. The Morgan fingerprint density at radius 3 is 2.27 bits per heavy atom. The molecule has 0 aliphatic carbocycles. The summed E-state index contributed by atoms with van der Waals surface area (Å²) in [5.74, 6) is 0. The second-order valence-electron chi connectivity index (χ2n) is 3.67. The van der Waals surface area contributed by atoms with E-state index in [0.29, 0.717) is 11.0 Å². The maximum absolute atomic E-state index is 10.1. The molecule has 0 heterocycles. The van der Waals surface area contributed by atoms with Gasteiger partial charge in [0, 0.05) is 0 Å². The van der Waals surface area contributed by atoms with Crippen molar-refractivity contribution in [3.05, 3.63) is 0 Å². The monoisotopic (exact) mass is 162 g/mol. The molecule has 0 aromatic heterocycles. The first-order valence-corrected chi connectivity index (χ1v) is 3.51. The molecule has 0 aromatic carbocycles. The number of rotatable bonds is 3. The minimum absolute atomic E-state index is 0.243. The topological polar surface area (TPSA) is 46.5 Å². The van der Waals surface area contributed by atoms with Gasteiger partial charge in [-0.25, -0.2) is 4.79 Å². The molecule has 1 unspecified atom stereocenters. The van der Waals surface area contributed by atoms with E-state index in [9.17, 15) is 4.79 Å². The van der Waals surface area contributed by atoms with E-state index < -0.39 is 6.16 Å². The average molecular weight is 162 g/mol. The molecule has 11 heavy (non-hydrogen) atoms. The van der Waals surface area contributed by atoms with Gasteiger partial charge in [0.1, 0.15) is 6.54 Å². The van der Waals surface area contributed by atoms with Crippen LogP contribution in [0.25, 0.3) is 0 Å². The third kappa shape index (κ3) is 7.12. The molecular weight excluding hydrogens is 146 g/mol. The SMILES string of the molecule is CC(C[N+](C)(C)C)OC(=O)O. The van der Waals surface area contributed by atoms with Crippen LogP contribution in [-0.4, -0.2) is 49.5 Å². The van der Waals surface area contributed by atoms with Gasteiger partial charge >= 0.3 is 6.16 Å². The maximum atomic E-state index is 10.1. The summed E-state index contributed by atoms with van der Waals surface area (Å²) in [7, 11) is 5.96. The van der Waals surface area contributed by atoms with E-state index in [1.165, 1.54) is 0 Å². The quantitative estimate of drug-likeness (QED) is 0.492. The van der Waals surface area contributed by atoms with Gasteiger partial charge in [-0.2, -0.15) is 0 Å². The van der Waals surface area contributed by atoms with E-state index in [0.717, 1.165) is 0 Å². The van der Waals surface area contributed by atoms with Gasteiger partial charge in [-0.15, -0.1) is 0 Å². The first-order chi connectivity index (χ1) is 4.81. The lowest BCUT2D eigenvalue weighted by Crippen LogP contribution is -2.41. The van der Waals surface area contributed by atoms with E-state index in [-0.39, 0.29) is 6.10 Å². The van der Waals surface area contributed by atoms with Gasteiger partial charge in [0.2, 0.25) is 0 Å². The zero-order chi connectivity index (χ0) is 9.07. The summed E-state index contributed by atoms with van der Waals surface area (Å²) in [6, 6.07) is 0. The van der Waals surface area contributed by atoms with Crippen molar-refractivity contribution in [2.75, 3.05) is 27.7 Å². The van der Waals surface area contributed by atoms with Crippen LogP contribution in [0.1, 0.15) is 6.92 Å². The Kier molecular flexibility index (Phi) is 3.32. The Labute approximate surface area is 67.0 Å². The number of hydrogen-bond donors (Lipinski definition) is 1. The number of likely N-dealkylation sites (N-methyl/N-ethyl adjacent to an activating group) is 1. The van der Waals surface area contributed by atoms with Gasteiger partial charge in [-0.05, 0) is 6.92 Å². The summed E-state index contributed by atoms with van der Waals surface area (Å²) >= 11 is 0. The molecule has 0 spiro atoms. The van der Waals surface area contributed by atoms with E-state index in [2.05, 4.69) is 4.74 Å². The van der Waals surface area contributed by atoms with Gasteiger partial charge < -0.3 is 14.3 Å². The fourth-order valence-corrected chi connectivity index (χ4v) is 0.981. The molecule has 0 saturated heterocycles. The van der Waals surface area contributed by atoms with Crippen molar-refractivity contribution in [3.8, 4) is 0 Å². The highest BCUT2D eigenvalue weighted by Crippen LogP contribution is 1.98. The highest BCUT2D eigenvalue weighted by atomic mass is 16.7. The molecular formula is C7H16NO3+. The van der Waals surface area contributed by atoms with Gasteiger partial charge in [-0.1, -0.05) is 0 Å². The van der Waals surface area contributed by atoms with Gasteiger partial charge in [-0.3, -0.25) is 0 Å². The zero-order valence-corrected chi connectivity index (χ0v) is 7.50. The average Bonchev–Trinajstić information content (AvgIpc) is 1.53. The third-order valence-corrected chi connectivity index (χ3v) is 1.11. The molecule has 4 nitrogen and oxygen atoms in total. The molecule has 0 radical (unpaired) electrons. The number of ether oxygens (including phenoxy) is 1. The van der Waals surface area contributed by atoms with Crippen molar-refractivity contribution in [1.29, 1.82) is 0 Å². The highest BCUT2D eigenvalue weighted by molar-refractivity contribution is 5.56. The first-order valence-electron chi connectivity index (χ1n) is 3.51. The van der Waals surface area contributed by atoms with Crippen LogP contribution < -0.4 is 0 Å². The molecule has 0 saturated carbocycles. The Balaban J connectivity index is 3.69. The summed E-state index contributed by atoms with van der Waals surface area (Å²) in [4.78, 5) is 10.1. The van der Waals surface area contributed by atoms with Crippen LogP contribution in [0.15, 0.2) is 0 Å². The second-order valence-corrected chi connectivity index (χ2v) is 3.67. The third-order valence-electron chi connectivity index (χ3n) is 1.11. The number of carbonyl (C=O) groups is 1. The Bertz CT molecular complexity index is 139. The number of nitrogens with zero attached hydrogens (tertiary/aromatic N) is 1. The minimum Gasteiger partial charge on any atom is -0.450 e. The van der Waals surface area contributed by atoms with Crippen molar-refractivity contribution in [3.63, 3.8) is 0 Å². The molecule has 66 valence electrons. The fourth-order valence-electron chi connectivity index (χ4n) is 0.981. The van der Waals surface area contributed by atoms with E-state index in [1.54, 1.807) is 6.92 Å². The fraction of sp³-hybridized carbons (Fsp3) is 0.857. The normalized spacial score (nSPS) is 14.2. The second kappa shape index (κ2) is 3.57. The number of hydrogen-bond acceptors (Lipinski definition) is 2. The van der Waals surface area contributed by atoms with Crippen LogP contribution >= 0.6 is 0 Å².